The van der Waals surface area contributed by atoms with Crippen LogP contribution in [0.1, 0.15) is 53.3 Å². The summed E-state index contributed by atoms with van der Waals surface area (Å²) >= 11 is 0. The van der Waals surface area contributed by atoms with Gasteiger partial charge in [-0.2, -0.15) is 13.2 Å². The first-order valence-corrected chi connectivity index (χ1v) is 13.9. The molecule has 2 amide bonds. The first-order chi connectivity index (χ1) is 19.8. The van der Waals surface area contributed by atoms with Crippen LogP contribution in [-0.4, -0.2) is 65.3 Å². The molecule has 0 radical (unpaired) electrons. The molecule has 2 heterocycles. The zero-order valence-electron chi connectivity index (χ0n) is 22.9. The van der Waals surface area contributed by atoms with Crippen molar-refractivity contribution in [3.05, 3.63) is 77.7 Å². The summed E-state index contributed by atoms with van der Waals surface area (Å²) in [6.07, 6.45) is 0.157. The molecule has 8 nitrogen and oxygen atoms in total. The van der Waals surface area contributed by atoms with E-state index in [-0.39, 0.29) is 35.7 Å². The van der Waals surface area contributed by atoms with E-state index in [1.807, 2.05) is 34.9 Å². The minimum Gasteiger partial charge on any atom is -0.453 e. The van der Waals surface area contributed by atoms with Gasteiger partial charge in [0, 0.05) is 31.2 Å². The van der Waals surface area contributed by atoms with E-state index >= 15 is 0 Å². The average molecular weight is 570 g/mol. The van der Waals surface area contributed by atoms with Crippen molar-refractivity contribution in [3.8, 4) is 11.3 Å². The number of hydrogen-bond donors (Lipinski definition) is 2. The zero-order valence-corrected chi connectivity index (χ0v) is 22.9. The molecule has 0 bridgehead atoms. The van der Waals surface area contributed by atoms with Crippen LogP contribution in [-0.2, 0) is 17.3 Å². The van der Waals surface area contributed by atoms with Crippen molar-refractivity contribution in [3.63, 3.8) is 0 Å². The van der Waals surface area contributed by atoms with E-state index in [0.29, 0.717) is 25.3 Å². The van der Waals surface area contributed by atoms with Crippen LogP contribution in [0.4, 0.5) is 18.0 Å². The molecule has 5 rings (SSSR count). The normalized spacial score (nSPS) is 21.4. The lowest BCUT2D eigenvalue weighted by atomic mass is 9.89. The highest BCUT2D eigenvalue weighted by molar-refractivity contribution is 5.98. The number of methoxy groups -OCH3 is 1. The quantitative estimate of drug-likeness (QED) is 0.433. The number of nitrogens with zero attached hydrogens (tertiary/aromatic N) is 3. The molecule has 3 aromatic rings. The van der Waals surface area contributed by atoms with Crippen LogP contribution in [0.15, 0.2) is 60.9 Å². The van der Waals surface area contributed by atoms with E-state index < -0.39 is 23.9 Å². The Hall–Kier alpha value is -3.86. The number of alkyl carbamates (subject to hydrolysis) is 1. The smallest absolute Gasteiger partial charge is 0.416 e. The molecule has 1 aliphatic carbocycles. The van der Waals surface area contributed by atoms with Gasteiger partial charge in [0.2, 0.25) is 0 Å². The van der Waals surface area contributed by atoms with Gasteiger partial charge in [-0.1, -0.05) is 61.4 Å². The number of ether oxygens (including phenoxy) is 1. The Balaban J connectivity index is 1.51. The van der Waals surface area contributed by atoms with Gasteiger partial charge in [-0.3, -0.25) is 4.79 Å². The summed E-state index contributed by atoms with van der Waals surface area (Å²) in [5.41, 5.74) is 1.14. The Morgan fingerprint density at radius 1 is 1.07 bits per heavy atom. The van der Waals surface area contributed by atoms with E-state index in [1.54, 1.807) is 17.3 Å². The number of benzene rings is 2. The van der Waals surface area contributed by atoms with E-state index in [9.17, 15) is 22.8 Å². The van der Waals surface area contributed by atoms with Crippen LogP contribution in [0.3, 0.4) is 0 Å². The Morgan fingerprint density at radius 3 is 2.56 bits per heavy atom. The minimum absolute atomic E-state index is 0.0591. The van der Waals surface area contributed by atoms with Crippen LogP contribution in [0.2, 0.25) is 0 Å². The molecule has 41 heavy (non-hydrogen) atoms. The third-order valence-electron chi connectivity index (χ3n) is 8.01. The van der Waals surface area contributed by atoms with Gasteiger partial charge < -0.3 is 24.8 Å². The third kappa shape index (κ3) is 6.24. The minimum atomic E-state index is -4.48. The largest absolute Gasteiger partial charge is 0.453 e. The maximum atomic E-state index is 14.2. The standard InChI is InChI=1S/C30H34F3N5O3/c1-41-29(40)36-24-13-7-8-14-25(24)38-19-35-26(27(38)20-9-3-2-4-10-20)28(39)37-16-15-34-18-22(37)17-21-11-5-6-12-23(21)30(31,32)33/h2-6,9-12,19,22,24-25,34H,7-8,13-18H2,1H3,(H,36,40)/t22-,24+,25+/m1/s1. The predicted molar refractivity (Wildman–Crippen MR) is 147 cm³/mol. The van der Waals surface area contributed by atoms with Gasteiger partial charge in [-0.05, 0) is 30.9 Å². The lowest BCUT2D eigenvalue weighted by molar-refractivity contribution is -0.138. The van der Waals surface area contributed by atoms with E-state index in [4.69, 9.17) is 4.74 Å². The zero-order chi connectivity index (χ0) is 29.0. The van der Waals surface area contributed by atoms with E-state index in [0.717, 1.165) is 37.3 Å². The highest BCUT2D eigenvalue weighted by Gasteiger charge is 2.37. The van der Waals surface area contributed by atoms with Gasteiger partial charge in [0.1, 0.15) is 0 Å². The second-order valence-corrected chi connectivity index (χ2v) is 10.5. The SMILES string of the molecule is COC(=O)N[C@H]1CCCC[C@@H]1n1cnc(C(=O)N2CCNC[C@H]2Cc2ccccc2C(F)(F)F)c1-c1ccccc1. The number of amides is 2. The number of carbonyl (C=O) groups excluding carboxylic acids is 2. The van der Waals surface area contributed by atoms with Gasteiger partial charge in [-0.15, -0.1) is 0 Å². The number of piperazine rings is 1. The summed E-state index contributed by atoms with van der Waals surface area (Å²) in [4.78, 5) is 32.5. The first kappa shape index (κ1) is 28.7. The van der Waals surface area contributed by atoms with Crippen LogP contribution in [0, 0.1) is 0 Å². The molecule has 1 saturated carbocycles. The Morgan fingerprint density at radius 2 is 1.80 bits per heavy atom. The Bertz CT molecular complexity index is 1360. The number of imidazole rings is 1. The van der Waals surface area contributed by atoms with Crippen molar-refractivity contribution >= 4 is 12.0 Å². The van der Waals surface area contributed by atoms with Crippen molar-refractivity contribution in [1.29, 1.82) is 0 Å². The topological polar surface area (TPSA) is 88.5 Å². The molecule has 2 fully saturated rings. The molecule has 1 aliphatic heterocycles. The number of hydrogen-bond acceptors (Lipinski definition) is 5. The molecule has 3 atom stereocenters. The van der Waals surface area contributed by atoms with Crippen molar-refractivity contribution in [2.24, 2.45) is 0 Å². The first-order valence-electron chi connectivity index (χ1n) is 13.9. The molecule has 2 N–H and O–H groups in total. The highest BCUT2D eigenvalue weighted by Crippen LogP contribution is 2.36. The molecule has 1 saturated heterocycles. The summed E-state index contributed by atoms with van der Waals surface area (Å²) in [5, 5.41) is 6.17. The van der Waals surface area contributed by atoms with Crippen molar-refractivity contribution in [2.75, 3.05) is 26.7 Å². The maximum Gasteiger partial charge on any atom is 0.416 e. The molecule has 218 valence electrons. The molecule has 11 heteroatoms. The van der Waals surface area contributed by atoms with Gasteiger partial charge in [0.15, 0.2) is 5.69 Å². The van der Waals surface area contributed by atoms with Crippen molar-refractivity contribution in [2.45, 2.75) is 56.4 Å². The fraction of sp³-hybridized carbons (Fsp3) is 0.433. The number of carbonyl (C=O) groups is 2. The number of aromatic nitrogens is 2. The fourth-order valence-electron chi connectivity index (χ4n) is 6.05. The van der Waals surface area contributed by atoms with E-state index in [2.05, 4.69) is 15.6 Å². The molecular weight excluding hydrogens is 535 g/mol. The molecule has 1 aromatic heterocycles. The number of nitrogens with one attached hydrogen (secondary N) is 2. The molecule has 2 aromatic carbocycles. The lowest BCUT2D eigenvalue weighted by Gasteiger charge is -2.37. The van der Waals surface area contributed by atoms with Crippen LogP contribution in [0.25, 0.3) is 11.3 Å². The lowest BCUT2D eigenvalue weighted by Crippen LogP contribution is -2.54. The Labute approximate surface area is 236 Å². The van der Waals surface area contributed by atoms with Gasteiger partial charge in [0.25, 0.3) is 5.91 Å². The van der Waals surface area contributed by atoms with Gasteiger partial charge in [0.05, 0.1) is 36.8 Å². The fourth-order valence-corrected chi connectivity index (χ4v) is 6.05. The Kier molecular flexibility index (Phi) is 8.63. The van der Waals surface area contributed by atoms with Gasteiger partial charge >= 0.3 is 12.3 Å². The van der Waals surface area contributed by atoms with E-state index in [1.165, 1.54) is 19.2 Å². The summed E-state index contributed by atoms with van der Waals surface area (Å²) in [6.45, 7) is 1.24. The van der Waals surface area contributed by atoms with Gasteiger partial charge in [-0.25, -0.2) is 9.78 Å². The number of rotatable bonds is 6. The molecule has 0 unspecified atom stereocenters. The van der Waals surface area contributed by atoms with Crippen LogP contribution >= 0.6 is 0 Å². The third-order valence-corrected chi connectivity index (χ3v) is 8.01. The molecule has 2 aliphatic rings. The summed E-state index contributed by atoms with van der Waals surface area (Å²) in [7, 11) is 1.33. The van der Waals surface area contributed by atoms with Crippen molar-refractivity contribution in [1.82, 2.24) is 25.1 Å². The summed E-state index contributed by atoms with van der Waals surface area (Å²) in [6, 6.07) is 14.1. The summed E-state index contributed by atoms with van der Waals surface area (Å²) < 4.78 is 48.0. The molecule has 0 spiro atoms. The van der Waals surface area contributed by atoms with Crippen molar-refractivity contribution < 1.29 is 27.5 Å². The maximum absolute atomic E-state index is 14.2. The number of halogens is 3. The van der Waals surface area contributed by atoms with Crippen LogP contribution in [0.5, 0.6) is 0 Å². The second-order valence-electron chi connectivity index (χ2n) is 10.5. The van der Waals surface area contributed by atoms with Crippen LogP contribution < -0.4 is 10.6 Å². The number of alkyl halides is 3. The highest BCUT2D eigenvalue weighted by atomic mass is 19.4. The monoisotopic (exact) mass is 569 g/mol. The summed E-state index contributed by atoms with van der Waals surface area (Å²) in [5.74, 6) is -0.327. The molecular formula is C30H34F3N5O3. The predicted octanol–water partition coefficient (Wildman–Crippen LogP) is 5.07. The second kappa shape index (κ2) is 12.3. The average Bonchev–Trinajstić information content (AvgIpc) is 3.42.